The Balaban J connectivity index is 1.33. The fraction of sp³-hybridized carbons (Fsp3) is 0.0417. The van der Waals surface area contributed by atoms with E-state index in [1.807, 2.05) is 30.3 Å². The normalized spacial score (nSPS) is 10.9. The number of aryl methyl sites for hydroxylation is 1. The van der Waals surface area contributed by atoms with Crippen LogP contribution in [-0.2, 0) is 7.05 Å². The maximum Gasteiger partial charge on any atom is 0.418 e. The molecule has 0 aliphatic rings. The van der Waals surface area contributed by atoms with E-state index >= 15 is 0 Å². The molecule has 0 bridgehead atoms. The number of carbonyl (C=O) groups is 1. The highest BCUT2D eigenvalue weighted by atomic mass is 19.1. The number of ether oxygens (including phenoxy) is 1. The molecular formula is C24H18FN5O2. The third-order valence-corrected chi connectivity index (χ3v) is 5.00. The molecule has 0 atom stereocenters. The lowest BCUT2D eigenvalue weighted by Gasteiger charge is -2.07. The number of hydrogen-bond donors (Lipinski definition) is 1. The quantitative estimate of drug-likeness (QED) is 0.429. The van der Waals surface area contributed by atoms with E-state index in [4.69, 9.17) is 4.74 Å². The Morgan fingerprint density at radius 2 is 1.84 bits per heavy atom. The fourth-order valence-corrected chi connectivity index (χ4v) is 3.46. The topological polar surface area (TPSA) is 74.0 Å². The van der Waals surface area contributed by atoms with Crippen molar-refractivity contribution in [1.82, 2.24) is 19.3 Å². The molecule has 8 heteroatoms. The van der Waals surface area contributed by atoms with Crippen LogP contribution < -0.4 is 10.1 Å². The van der Waals surface area contributed by atoms with Crippen LogP contribution in [-0.4, -0.2) is 25.4 Å². The zero-order valence-electron chi connectivity index (χ0n) is 17.1. The summed E-state index contributed by atoms with van der Waals surface area (Å²) in [5.74, 6) is 0.516. The van der Waals surface area contributed by atoms with Crippen molar-refractivity contribution in [2.24, 2.45) is 7.05 Å². The minimum absolute atomic E-state index is 0.327. The number of rotatable bonds is 4. The summed E-state index contributed by atoms with van der Waals surface area (Å²) in [6, 6.07) is 22.8. The predicted molar refractivity (Wildman–Crippen MR) is 119 cm³/mol. The van der Waals surface area contributed by atoms with E-state index in [-0.39, 0.29) is 5.82 Å². The van der Waals surface area contributed by atoms with Gasteiger partial charge in [0.25, 0.3) is 0 Å². The number of carbonyl (C=O) groups excluding carboxylic acids is 1. The Labute approximate surface area is 182 Å². The van der Waals surface area contributed by atoms with Gasteiger partial charge in [0.05, 0.1) is 22.4 Å². The van der Waals surface area contributed by atoms with Crippen molar-refractivity contribution in [3.05, 3.63) is 91.0 Å². The number of nitrogens with one attached hydrogen (secondary N) is 1. The Morgan fingerprint density at radius 1 is 1.00 bits per heavy atom. The monoisotopic (exact) mass is 427 g/mol. The summed E-state index contributed by atoms with van der Waals surface area (Å²) in [5, 5.41) is 7.13. The molecule has 0 unspecified atom stereocenters. The van der Waals surface area contributed by atoms with Crippen molar-refractivity contribution < 1.29 is 13.9 Å². The minimum atomic E-state index is -0.642. The number of fused-ring (bicyclic) bond motifs is 1. The third kappa shape index (κ3) is 3.81. The molecule has 0 aliphatic heterocycles. The first-order chi connectivity index (χ1) is 15.6. The summed E-state index contributed by atoms with van der Waals surface area (Å²) in [6.45, 7) is 0. The van der Waals surface area contributed by atoms with E-state index in [0.29, 0.717) is 22.8 Å². The van der Waals surface area contributed by atoms with E-state index in [2.05, 4.69) is 15.4 Å². The molecule has 0 radical (unpaired) electrons. The molecule has 0 spiro atoms. The van der Waals surface area contributed by atoms with Crippen LogP contribution in [0.5, 0.6) is 5.75 Å². The highest BCUT2D eigenvalue weighted by molar-refractivity contribution is 5.87. The molecule has 1 amide bonds. The van der Waals surface area contributed by atoms with E-state index in [1.165, 1.54) is 12.1 Å². The standard InChI is InChI=1S/C24H18FN5O2/c1-29-23(14-20(28-29)16-6-3-2-4-7-16)27-24(31)32-19-10-11-22-21(13-19)26-15-30(22)18-9-5-8-17(25)12-18/h2-15H,1H3,(H,27,31). The van der Waals surface area contributed by atoms with Gasteiger partial charge in [0.15, 0.2) is 0 Å². The summed E-state index contributed by atoms with van der Waals surface area (Å²) < 4.78 is 22.3. The van der Waals surface area contributed by atoms with Crippen molar-refractivity contribution in [2.75, 3.05) is 5.32 Å². The molecule has 3 aromatic carbocycles. The van der Waals surface area contributed by atoms with Gasteiger partial charge in [-0.3, -0.25) is 14.6 Å². The van der Waals surface area contributed by atoms with Crippen molar-refractivity contribution in [3.8, 4) is 22.7 Å². The minimum Gasteiger partial charge on any atom is -0.410 e. The van der Waals surface area contributed by atoms with Gasteiger partial charge in [0.1, 0.15) is 23.7 Å². The smallest absolute Gasteiger partial charge is 0.410 e. The van der Waals surface area contributed by atoms with Gasteiger partial charge in [0.2, 0.25) is 0 Å². The Hall–Kier alpha value is -4.46. The molecule has 2 heterocycles. The van der Waals surface area contributed by atoms with Crippen LogP contribution in [0.3, 0.4) is 0 Å². The van der Waals surface area contributed by atoms with Gasteiger partial charge in [-0.2, -0.15) is 5.10 Å². The molecule has 0 saturated carbocycles. The second kappa shape index (κ2) is 7.99. The second-order valence-corrected chi connectivity index (χ2v) is 7.16. The van der Waals surface area contributed by atoms with Gasteiger partial charge >= 0.3 is 6.09 Å². The lowest BCUT2D eigenvalue weighted by molar-refractivity contribution is 0.215. The molecule has 0 saturated heterocycles. The summed E-state index contributed by atoms with van der Waals surface area (Å²) in [6.07, 6.45) is 0.959. The highest BCUT2D eigenvalue weighted by Gasteiger charge is 2.13. The van der Waals surface area contributed by atoms with Gasteiger partial charge in [-0.1, -0.05) is 36.4 Å². The lowest BCUT2D eigenvalue weighted by Crippen LogP contribution is -2.18. The third-order valence-electron chi connectivity index (χ3n) is 5.00. The van der Waals surface area contributed by atoms with Crippen LogP contribution in [0.2, 0.25) is 0 Å². The average molecular weight is 427 g/mol. The van der Waals surface area contributed by atoms with Crippen molar-refractivity contribution >= 4 is 22.9 Å². The van der Waals surface area contributed by atoms with Crippen molar-refractivity contribution in [3.63, 3.8) is 0 Å². The van der Waals surface area contributed by atoms with Crippen LogP contribution in [0.4, 0.5) is 15.0 Å². The highest BCUT2D eigenvalue weighted by Crippen LogP contribution is 2.24. The number of anilines is 1. The number of nitrogens with zero attached hydrogens (tertiary/aromatic N) is 4. The van der Waals surface area contributed by atoms with E-state index in [1.54, 1.807) is 59.0 Å². The number of halogens is 1. The number of benzene rings is 3. The van der Waals surface area contributed by atoms with Crippen LogP contribution in [0.15, 0.2) is 85.2 Å². The van der Waals surface area contributed by atoms with Crippen molar-refractivity contribution in [2.45, 2.75) is 0 Å². The molecule has 32 heavy (non-hydrogen) atoms. The average Bonchev–Trinajstić information content (AvgIpc) is 3.37. The Bertz CT molecular complexity index is 1430. The Morgan fingerprint density at radius 3 is 2.66 bits per heavy atom. The summed E-state index contributed by atoms with van der Waals surface area (Å²) in [7, 11) is 1.74. The molecule has 1 N–H and O–H groups in total. The number of imidazole rings is 1. The molecule has 5 aromatic rings. The molecule has 0 aliphatic carbocycles. The summed E-state index contributed by atoms with van der Waals surface area (Å²) in [4.78, 5) is 16.8. The zero-order valence-corrected chi connectivity index (χ0v) is 17.1. The first-order valence-corrected chi connectivity index (χ1v) is 9.88. The number of amides is 1. The molecular weight excluding hydrogens is 409 g/mol. The molecule has 2 aromatic heterocycles. The summed E-state index contributed by atoms with van der Waals surface area (Å²) in [5.41, 5.74) is 3.73. The maximum absolute atomic E-state index is 13.6. The lowest BCUT2D eigenvalue weighted by atomic mass is 10.2. The van der Waals surface area contributed by atoms with E-state index < -0.39 is 6.09 Å². The van der Waals surface area contributed by atoms with Crippen LogP contribution >= 0.6 is 0 Å². The van der Waals surface area contributed by atoms with Crippen LogP contribution in [0, 0.1) is 5.82 Å². The zero-order chi connectivity index (χ0) is 22.1. The first kappa shape index (κ1) is 19.5. The van der Waals surface area contributed by atoms with Crippen LogP contribution in [0.25, 0.3) is 28.0 Å². The maximum atomic E-state index is 13.6. The molecule has 7 nitrogen and oxygen atoms in total. The van der Waals surface area contributed by atoms with Gasteiger partial charge in [-0.05, 0) is 30.3 Å². The molecule has 158 valence electrons. The SMILES string of the molecule is Cn1nc(-c2ccccc2)cc1NC(=O)Oc1ccc2c(c1)ncn2-c1cccc(F)c1. The van der Waals surface area contributed by atoms with Crippen LogP contribution in [0.1, 0.15) is 0 Å². The molecule has 0 fully saturated rings. The predicted octanol–water partition coefficient (Wildman–Crippen LogP) is 5.18. The fourth-order valence-electron chi connectivity index (χ4n) is 3.46. The summed E-state index contributed by atoms with van der Waals surface area (Å²) >= 11 is 0. The van der Waals surface area contributed by atoms with Gasteiger partial charge in [-0.15, -0.1) is 0 Å². The largest absolute Gasteiger partial charge is 0.418 e. The number of hydrogen-bond acceptors (Lipinski definition) is 4. The molecule has 5 rings (SSSR count). The first-order valence-electron chi connectivity index (χ1n) is 9.88. The van der Waals surface area contributed by atoms with Gasteiger partial charge in [-0.25, -0.2) is 14.2 Å². The van der Waals surface area contributed by atoms with E-state index in [9.17, 15) is 9.18 Å². The second-order valence-electron chi connectivity index (χ2n) is 7.16. The Kier molecular flexibility index (Phi) is 4.87. The van der Waals surface area contributed by atoms with Crippen molar-refractivity contribution in [1.29, 1.82) is 0 Å². The van der Waals surface area contributed by atoms with Gasteiger partial charge < -0.3 is 4.74 Å². The number of aromatic nitrogens is 4. The van der Waals surface area contributed by atoms with E-state index in [0.717, 1.165) is 16.8 Å². The van der Waals surface area contributed by atoms with Gasteiger partial charge in [0, 0.05) is 24.7 Å².